The highest BCUT2D eigenvalue weighted by atomic mass is 16.5. The van der Waals surface area contributed by atoms with Crippen molar-refractivity contribution in [2.45, 2.75) is 76.8 Å². The molecule has 0 aliphatic heterocycles. The van der Waals surface area contributed by atoms with Gasteiger partial charge in [-0.2, -0.15) is 0 Å². The zero-order valence-corrected chi connectivity index (χ0v) is 14.3. The van der Waals surface area contributed by atoms with Crippen LogP contribution in [0.2, 0.25) is 0 Å². The second-order valence-electron chi connectivity index (χ2n) is 7.40. The van der Waals surface area contributed by atoms with Crippen molar-refractivity contribution in [2.75, 3.05) is 13.2 Å². The molecule has 3 rings (SSSR count). The lowest BCUT2D eigenvalue weighted by Gasteiger charge is -2.21. The summed E-state index contributed by atoms with van der Waals surface area (Å²) in [5.41, 5.74) is 6.17. The van der Waals surface area contributed by atoms with Gasteiger partial charge in [0.05, 0.1) is 11.7 Å². The number of hydrogen-bond donors (Lipinski definition) is 2. The Kier molecular flexibility index (Phi) is 6.39. The van der Waals surface area contributed by atoms with E-state index in [4.69, 9.17) is 10.5 Å². The number of rotatable bonds is 7. The summed E-state index contributed by atoms with van der Waals surface area (Å²) in [5.74, 6) is 2.12. The van der Waals surface area contributed by atoms with E-state index in [1.807, 2.05) is 4.80 Å². The Morgan fingerprint density at radius 3 is 2.39 bits per heavy atom. The van der Waals surface area contributed by atoms with Crippen molar-refractivity contribution in [1.82, 2.24) is 15.4 Å². The minimum absolute atomic E-state index is 0.234. The normalized spacial score (nSPS) is 22.3. The van der Waals surface area contributed by atoms with Crippen LogP contribution >= 0.6 is 0 Å². The van der Waals surface area contributed by atoms with Gasteiger partial charge in [0.15, 0.2) is 0 Å². The third-order valence-corrected chi connectivity index (χ3v) is 5.37. The van der Waals surface area contributed by atoms with Crippen molar-refractivity contribution < 1.29 is 9.53 Å². The number of aromatic nitrogens is 4. The van der Waals surface area contributed by atoms with Gasteiger partial charge in [0.2, 0.25) is 0 Å². The molecule has 0 unspecified atom stereocenters. The van der Waals surface area contributed by atoms with Crippen LogP contribution in [0.3, 0.4) is 0 Å². The molecule has 1 atom stereocenters. The molecule has 0 aromatic carbocycles. The predicted molar refractivity (Wildman–Crippen MR) is 87.5 cm³/mol. The van der Waals surface area contributed by atoms with E-state index in [0.717, 1.165) is 25.0 Å². The van der Waals surface area contributed by atoms with E-state index in [-0.39, 0.29) is 6.04 Å². The Bertz CT molecular complexity index is 452. The first-order chi connectivity index (χ1) is 11.3. The van der Waals surface area contributed by atoms with Crippen LogP contribution in [0.15, 0.2) is 0 Å². The second kappa shape index (κ2) is 8.73. The molecule has 130 valence electrons. The number of ether oxygens (including phenoxy) is 1. The maximum atomic E-state index is 6.17. The Hall–Kier alpha value is -1.01. The van der Waals surface area contributed by atoms with Crippen molar-refractivity contribution in [1.29, 1.82) is 0 Å². The minimum atomic E-state index is -0.234. The van der Waals surface area contributed by atoms with Gasteiger partial charge >= 0.3 is 5.82 Å². The fourth-order valence-corrected chi connectivity index (χ4v) is 3.92. The molecule has 0 bridgehead atoms. The van der Waals surface area contributed by atoms with Crippen LogP contribution in [0.5, 0.6) is 0 Å². The largest absolute Gasteiger partial charge is 0.379 e. The van der Waals surface area contributed by atoms with Crippen molar-refractivity contribution in [3.63, 3.8) is 0 Å². The monoisotopic (exact) mass is 322 g/mol. The van der Waals surface area contributed by atoms with Gasteiger partial charge in [-0.05, 0) is 41.9 Å². The lowest BCUT2D eigenvalue weighted by Crippen LogP contribution is -2.43. The highest BCUT2D eigenvalue weighted by molar-refractivity contribution is 4.85. The average Bonchev–Trinajstić information content (AvgIpc) is 3.05. The van der Waals surface area contributed by atoms with Crippen LogP contribution < -0.4 is 10.5 Å². The number of hydrogen-bond acceptors (Lipinski definition) is 4. The predicted octanol–water partition coefficient (Wildman–Crippen LogP) is 2.27. The van der Waals surface area contributed by atoms with Gasteiger partial charge < -0.3 is 10.5 Å². The summed E-state index contributed by atoms with van der Waals surface area (Å²) >= 11 is 0. The van der Waals surface area contributed by atoms with Crippen LogP contribution in [0.4, 0.5) is 0 Å². The van der Waals surface area contributed by atoms with E-state index < -0.39 is 0 Å². The van der Waals surface area contributed by atoms with Gasteiger partial charge in [-0.1, -0.05) is 43.3 Å². The molecule has 1 heterocycles. The van der Waals surface area contributed by atoms with Gasteiger partial charge in [-0.3, -0.25) is 0 Å². The van der Waals surface area contributed by atoms with Gasteiger partial charge in [0.25, 0.3) is 0 Å². The molecule has 3 N–H and O–H groups in total. The second-order valence-corrected chi connectivity index (χ2v) is 7.40. The quantitative estimate of drug-likeness (QED) is 0.755. The molecule has 1 aromatic heterocycles. The van der Waals surface area contributed by atoms with Crippen molar-refractivity contribution in [3.05, 3.63) is 5.82 Å². The van der Waals surface area contributed by atoms with Crippen molar-refractivity contribution in [2.24, 2.45) is 17.6 Å². The molecule has 0 spiro atoms. The Morgan fingerprint density at radius 1 is 1.04 bits per heavy atom. The van der Waals surface area contributed by atoms with E-state index in [2.05, 4.69) is 15.4 Å². The lowest BCUT2D eigenvalue weighted by molar-refractivity contribution is -0.810. The highest BCUT2D eigenvalue weighted by Crippen LogP contribution is 2.24. The minimum Gasteiger partial charge on any atom is -0.379 e. The van der Waals surface area contributed by atoms with E-state index >= 15 is 0 Å². The van der Waals surface area contributed by atoms with Crippen LogP contribution in [0, 0.1) is 11.8 Å². The maximum absolute atomic E-state index is 6.17. The first-order valence-corrected chi connectivity index (χ1v) is 9.47. The number of nitrogens with zero attached hydrogens (tertiary/aromatic N) is 3. The molecule has 6 nitrogen and oxygen atoms in total. The van der Waals surface area contributed by atoms with Gasteiger partial charge in [-0.25, -0.2) is 0 Å². The lowest BCUT2D eigenvalue weighted by atomic mass is 9.89. The Balaban J connectivity index is 1.39. The molecule has 2 aliphatic rings. The highest BCUT2D eigenvalue weighted by Gasteiger charge is 2.23. The molecule has 6 heteroatoms. The van der Waals surface area contributed by atoms with Gasteiger partial charge in [0, 0.05) is 12.5 Å². The number of nitrogens with one attached hydrogen (secondary N) is 1. The van der Waals surface area contributed by atoms with Gasteiger partial charge in [-0.15, -0.1) is 0 Å². The van der Waals surface area contributed by atoms with E-state index in [9.17, 15) is 0 Å². The zero-order chi connectivity index (χ0) is 15.9. The van der Waals surface area contributed by atoms with Crippen LogP contribution in [0.1, 0.15) is 76.1 Å². The van der Waals surface area contributed by atoms with Gasteiger partial charge in [0.1, 0.15) is 12.6 Å². The summed E-state index contributed by atoms with van der Waals surface area (Å²) in [6.07, 6.45) is 13.4. The Morgan fingerprint density at radius 2 is 1.70 bits per heavy atom. The summed E-state index contributed by atoms with van der Waals surface area (Å²) in [4.78, 5) is 1.85. The number of tetrazole rings is 1. The summed E-state index contributed by atoms with van der Waals surface area (Å²) in [6, 6.07) is -0.234. The Labute approximate surface area is 139 Å². The summed E-state index contributed by atoms with van der Waals surface area (Å²) in [5, 5.41) is 11.8. The van der Waals surface area contributed by atoms with E-state index in [1.165, 1.54) is 64.2 Å². The number of nitrogens with two attached hydrogens (primary N) is 1. The van der Waals surface area contributed by atoms with E-state index in [0.29, 0.717) is 12.4 Å². The topological polar surface area (TPSA) is 80.7 Å². The first-order valence-electron chi connectivity index (χ1n) is 9.47. The molecule has 2 fully saturated rings. The summed E-state index contributed by atoms with van der Waals surface area (Å²) in [6.45, 7) is 2.28. The molecule has 0 amide bonds. The molecular weight excluding hydrogens is 290 g/mol. The smallest absolute Gasteiger partial charge is 0.327 e. The van der Waals surface area contributed by atoms with Crippen molar-refractivity contribution >= 4 is 0 Å². The third kappa shape index (κ3) is 5.24. The SMILES string of the molecule is N[C@H](COCC1CCCCC1)c1n[nH][n+](CC2CCCCC2)n1. The standard InChI is InChI=1S/C17H31N5O/c18-16(13-23-12-15-9-5-2-6-10-15)17-19-21-22(20-17)11-14-7-3-1-4-8-14/h14-16H,1-13,18H2/p+1/t16-/m1/s1. The fourth-order valence-electron chi connectivity index (χ4n) is 3.92. The first kappa shape index (κ1) is 16.8. The third-order valence-electron chi connectivity index (χ3n) is 5.37. The molecule has 1 aromatic rings. The molecule has 2 saturated carbocycles. The van der Waals surface area contributed by atoms with Crippen LogP contribution in [-0.2, 0) is 11.3 Å². The number of aromatic amines is 1. The fraction of sp³-hybridized carbons (Fsp3) is 0.941. The van der Waals surface area contributed by atoms with Crippen LogP contribution in [-0.4, -0.2) is 28.6 Å². The van der Waals surface area contributed by atoms with Crippen LogP contribution in [0.25, 0.3) is 0 Å². The zero-order valence-electron chi connectivity index (χ0n) is 14.3. The summed E-state index contributed by atoms with van der Waals surface area (Å²) < 4.78 is 5.82. The van der Waals surface area contributed by atoms with Crippen molar-refractivity contribution in [3.8, 4) is 0 Å². The summed E-state index contributed by atoms with van der Waals surface area (Å²) in [7, 11) is 0. The maximum Gasteiger partial charge on any atom is 0.327 e. The molecule has 0 saturated heterocycles. The number of H-pyrrole nitrogens is 1. The van der Waals surface area contributed by atoms with E-state index in [1.54, 1.807) is 0 Å². The molecule has 2 aliphatic carbocycles. The average molecular weight is 322 g/mol. The molecule has 0 radical (unpaired) electrons. The molecule has 23 heavy (non-hydrogen) atoms. The molecular formula is C17H32N5O+.